The summed E-state index contributed by atoms with van der Waals surface area (Å²) in [7, 11) is 1.61. The van der Waals surface area contributed by atoms with Crippen LogP contribution in [0, 0.1) is 0 Å². The summed E-state index contributed by atoms with van der Waals surface area (Å²) >= 11 is 0. The van der Waals surface area contributed by atoms with Gasteiger partial charge in [-0.15, -0.1) is 0 Å². The number of hydrogen-bond donors (Lipinski definition) is 1. The fourth-order valence-corrected chi connectivity index (χ4v) is 3.34. The van der Waals surface area contributed by atoms with Crippen molar-refractivity contribution in [2.45, 2.75) is 24.7 Å². The topological polar surface area (TPSA) is 66.0 Å². The van der Waals surface area contributed by atoms with E-state index < -0.39 is 0 Å². The number of carbonyl (C=O) groups excluding carboxylic acids is 1. The van der Waals surface area contributed by atoms with Crippen LogP contribution >= 0.6 is 0 Å². The zero-order valence-corrected chi connectivity index (χ0v) is 14.5. The van der Waals surface area contributed by atoms with Gasteiger partial charge in [0, 0.05) is 18.2 Å². The van der Waals surface area contributed by atoms with E-state index in [1.54, 1.807) is 31.4 Å². The maximum absolute atomic E-state index is 12.6. The van der Waals surface area contributed by atoms with Gasteiger partial charge in [-0.05, 0) is 36.8 Å². The Morgan fingerprint density at radius 2 is 1.85 bits per heavy atom. The first-order valence-corrected chi connectivity index (χ1v) is 8.69. The number of hydrogen-bond acceptors (Lipinski definition) is 5. The Morgan fingerprint density at radius 1 is 1.08 bits per heavy atom. The van der Waals surface area contributed by atoms with Gasteiger partial charge in [0.2, 0.25) is 0 Å². The molecule has 2 saturated heterocycles. The Kier molecular flexibility index (Phi) is 4.77. The van der Waals surface area contributed by atoms with Crippen molar-refractivity contribution >= 4 is 5.91 Å². The van der Waals surface area contributed by atoms with E-state index in [9.17, 15) is 4.79 Å². The summed E-state index contributed by atoms with van der Waals surface area (Å²) in [6.45, 7) is 1.17. The lowest BCUT2D eigenvalue weighted by atomic mass is 10.1. The van der Waals surface area contributed by atoms with Gasteiger partial charge in [-0.2, -0.15) is 0 Å². The number of ether oxygens (including phenoxy) is 4. The van der Waals surface area contributed by atoms with Gasteiger partial charge < -0.3 is 24.3 Å². The van der Waals surface area contributed by atoms with Crippen molar-refractivity contribution in [3.05, 3.63) is 54.1 Å². The zero-order valence-electron chi connectivity index (χ0n) is 14.5. The van der Waals surface area contributed by atoms with Crippen LogP contribution in [0.15, 0.2) is 48.5 Å². The third-order valence-electron chi connectivity index (χ3n) is 4.66. The molecule has 2 aliphatic heterocycles. The Hall–Kier alpha value is -2.57. The Bertz CT molecular complexity index is 793. The molecule has 6 heteroatoms. The fourth-order valence-electron chi connectivity index (χ4n) is 3.34. The summed E-state index contributed by atoms with van der Waals surface area (Å²) in [6, 6.07) is 14.3. The third kappa shape index (κ3) is 3.52. The average Bonchev–Trinajstić information content (AvgIpc) is 3.27. The average molecular weight is 355 g/mol. The molecule has 2 aromatic rings. The zero-order chi connectivity index (χ0) is 17.9. The van der Waals surface area contributed by atoms with Crippen molar-refractivity contribution in [3.63, 3.8) is 0 Å². The lowest BCUT2D eigenvalue weighted by Gasteiger charge is -2.17. The van der Waals surface area contributed by atoms with E-state index in [1.807, 2.05) is 24.3 Å². The normalized spacial score (nSPS) is 24.1. The number of carbonyl (C=O) groups is 1. The van der Waals surface area contributed by atoms with Crippen molar-refractivity contribution in [1.82, 2.24) is 5.32 Å². The van der Waals surface area contributed by atoms with E-state index >= 15 is 0 Å². The molecule has 2 aliphatic rings. The van der Waals surface area contributed by atoms with Crippen LogP contribution in [0.25, 0.3) is 0 Å². The van der Waals surface area contributed by atoms with Crippen LogP contribution in [0.4, 0.5) is 0 Å². The molecular weight excluding hydrogens is 334 g/mol. The minimum Gasteiger partial charge on any atom is -0.497 e. The number of benzene rings is 2. The highest BCUT2D eigenvalue weighted by atomic mass is 16.6. The van der Waals surface area contributed by atoms with Crippen LogP contribution in [0.3, 0.4) is 0 Å². The largest absolute Gasteiger partial charge is 0.497 e. The molecule has 2 heterocycles. The summed E-state index contributed by atoms with van der Waals surface area (Å²) in [5, 5.41) is 3.01. The summed E-state index contributed by atoms with van der Waals surface area (Å²) in [5.41, 5.74) is 0.534. The molecule has 136 valence electrons. The van der Waals surface area contributed by atoms with E-state index in [-0.39, 0.29) is 24.2 Å². The van der Waals surface area contributed by atoms with Gasteiger partial charge in [0.05, 0.1) is 25.9 Å². The quantitative estimate of drug-likeness (QED) is 0.893. The lowest BCUT2D eigenvalue weighted by Crippen LogP contribution is -2.43. The maximum atomic E-state index is 12.6. The van der Waals surface area contributed by atoms with Crippen molar-refractivity contribution in [2.24, 2.45) is 0 Å². The second kappa shape index (κ2) is 7.35. The van der Waals surface area contributed by atoms with Gasteiger partial charge in [-0.3, -0.25) is 4.79 Å². The van der Waals surface area contributed by atoms with Crippen LogP contribution in [0.1, 0.15) is 16.8 Å². The smallest absolute Gasteiger partial charge is 0.251 e. The van der Waals surface area contributed by atoms with Gasteiger partial charge in [-0.1, -0.05) is 12.1 Å². The lowest BCUT2D eigenvalue weighted by molar-refractivity contribution is 0.0656. The van der Waals surface area contributed by atoms with Crippen molar-refractivity contribution in [2.75, 3.05) is 20.3 Å². The first-order chi connectivity index (χ1) is 12.7. The molecule has 1 N–H and O–H groups in total. The van der Waals surface area contributed by atoms with E-state index in [0.29, 0.717) is 36.0 Å². The molecule has 2 aromatic carbocycles. The minimum atomic E-state index is -0.161. The van der Waals surface area contributed by atoms with E-state index in [0.717, 1.165) is 6.42 Å². The molecule has 6 nitrogen and oxygen atoms in total. The molecule has 1 amide bonds. The Labute approximate surface area is 152 Å². The molecule has 2 fully saturated rings. The minimum absolute atomic E-state index is 0.0461. The van der Waals surface area contributed by atoms with Crippen LogP contribution in [-0.2, 0) is 9.47 Å². The molecule has 0 spiro atoms. The summed E-state index contributed by atoms with van der Waals surface area (Å²) in [4.78, 5) is 12.6. The molecule has 0 aromatic heterocycles. The van der Waals surface area contributed by atoms with Crippen LogP contribution in [0.2, 0.25) is 0 Å². The summed E-state index contributed by atoms with van der Waals surface area (Å²) in [6.07, 6.45) is 0.944. The second-order valence-corrected chi connectivity index (χ2v) is 6.38. The number of nitrogens with one attached hydrogen (secondary N) is 1. The van der Waals surface area contributed by atoms with Crippen molar-refractivity contribution in [3.8, 4) is 17.2 Å². The highest BCUT2D eigenvalue weighted by Crippen LogP contribution is 2.28. The number of fused-ring (bicyclic) bond motifs is 1. The van der Waals surface area contributed by atoms with E-state index in [4.69, 9.17) is 18.9 Å². The SMILES string of the molecule is COc1cccc(Oc2cccc(C(=O)NC3COC4CCOC34)c2)c1. The first-order valence-electron chi connectivity index (χ1n) is 8.69. The first kappa shape index (κ1) is 16.9. The number of amides is 1. The predicted molar refractivity (Wildman–Crippen MR) is 94.9 cm³/mol. The van der Waals surface area contributed by atoms with Crippen LogP contribution in [0.5, 0.6) is 17.2 Å². The fraction of sp³-hybridized carbons (Fsp3) is 0.350. The van der Waals surface area contributed by atoms with Gasteiger partial charge in [-0.25, -0.2) is 0 Å². The molecule has 0 saturated carbocycles. The van der Waals surface area contributed by atoms with Crippen molar-refractivity contribution < 1.29 is 23.7 Å². The highest BCUT2D eigenvalue weighted by molar-refractivity contribution is 5.94. The molecular formula is C20H21NO5. The highest BCUT2D eigenvalue weighted by Gasteiger charge is 2.42. The second-order valence-electron chi connectivity index (χ2n) is 6.38. The van der Waals surface area contributed by atoms with Crippen LogP contribution in [-0.4, -0.2) is 44.5 Å². The molecule has 3 atom stereocenters. The Balaban J connectivity index is 1.44. The standard InChI is InChI=1S/C20H21NO5/c1-23-14-5-3-7-16(11-14)26-15-6-2-4-13(10-15)20(22)21-17-12-25-18-8-9-24-19(17)18/h2-7,10-11,17-19H,8-9,12H2,1H3,(H,21,22). The van der Waals surface area contributed by atoms with Gasteiger partial charge in [0.1, 0.15) is 23.4 Å². The molecule has 26 heavy (non-hydrogen) atoms. The molecule has 4 rings (SSSR count). The number of rotatable bonds is 5. The van der Waals surface area contributed by atoms with Gasteiger partial charge in [0.15, 0.2) is 0 Å². The summed E-state index contributed by atoms with van der Waals surface area (Å²) in [5.74, 6) is 1.78. The predicted octanol–water partition coefficient (Wildman–Crippen LogP) is 2.77. The molecule has 0 radical (unpaired) electrons. The van der Waals surface area contributed by atoms with Gasteiger partial charge in [0.25, 0.3) is 5.91 Å². The maximum Gasteiger partial charge on any atom is 0.251 e. The Morgan fingerprint density at radius 3 is 2.69 bits per heavy atom. The summed E-state index contributed by atoms with van der Waals surface area (Å²) < 4.78 is 22.4. The number of methoxy groups -OCH3 is 1. The third-order valence-corrected chi connectivity index (χ3v) is 4.66. The van der Waals surface area contributed by atoms with Crippen molar-refractivity contribution in [1.29, 1.82) is 0 Å². The molecule has 0 aliphatic carbocycles. The van der Waals surface area contributed by atoms with Gasteiger partial charge >= 0.3 is 0 Å². The molecule has 0 bridgehead atoms. The van der Waals surface area contributed by atoms with E-state index in [1.165, 1.54) is 0 Å². The monoisotopic (exact) mass is 355 g/mol. The van der Waals surface area contributed by atoms with E-state index in [2.05, 4.69) is 5.32 Å². The van der Waals surface area contributed by atoms with Crippen LogP contribution < -0.4 is 14.8 Å². The molecule has 3 unspecified atom stereocenters.